The van der Waals surface area contributed by atoms with E-state index < -0.39 is 6.04 Å². The van der Waals surface area contributed by atoms with Crippen molar-refractivity contribution in [1.82, 2.24) is 10.6 Å². The normalized spacial score (nSPS) is 11.9. The molecule has 0 aliphatic rings. The summed E-state index contributed by atoms with van der Waals surface area (Å²) < 4.78 is 0. The highest BCUT2D eigenvalue weighted by molar-refractivity contribution is 5.82. The van der Waals surface area contributed by atoms with E-state index in [2.05, 4.69) is 10.6 Å². The maximum Gasteiger partial charge on any atom is 0.236 e. The van der Waals surface area contributed by atoms with Crippen LogP contribution in [0.3, 0.4) is 0 Å². The van der Waals surface area contributed by atoms with Gasteiger partial charge < -0.3 is 16.4 Å². The van der Waals surface area contributed by atoms with Gasteiger partial charge in [0, 0.05) is 20.0 Å². The van der Waals surface area contributed by atoms with Crippen LogP contribution in [0.1, 0.15) is 13.3 Å². The Balaban J connectivity index is 3.44. The van der Waals surface area contributed by atoms with E-state index in [1.54, 1.807) is 14.0 Å². The van der Waals surface area contributed by atoms with E-state index in [4.69, 9.17) is 5.73 Å². The van der Waals surface area contributed by atoms with E-state index in [0.29, 0.717) is 6.54 Å². The van der Waals surface area contributed by atoms with Gasteiger partial charge in [-0.2, -0.15) is 0 Å². The van der Waals surface area contributed by atoms with Crippen LogP contribution in [0.15, 0.2) is 0 Å². The Kier molecular flexibility index (Phi) is 5.03. The van der Waals surface area contributed by atoms with Crippen LogP contribution in [0, 0.1) is 0 Å². The Labute approximate surface area is 71.7 Å². The first kappa shape index (κ1) is 10.9. The van der Waals surface area contributed by atoms with Crippen LogP contribution in [-0.4, -0.2) is 31.4 Å². The molecule has 5 heteroatoms. The smallest absolute Gasteiger partial charge is 0.236 e. The fourth-order valence-electron chi connectivity index (χ4n) is 0.585. The molecule has 0 aromatic rings. The average Bonchev–Trinajstić information content (AvgIpc) is 2.03. The Hall–Kier alpha value is -1.10. The molecule has 0 aromatic heterocycles. The van der Waals surface area contributed by atoms with Gasteiger partial charge in [0.05, 0.1) is 6.04 Å². The molecule has 0 fully saturated rings. The molecular weight excluding hydrogens is 158 g/mol. The van der Waals surface area contributed by atoms with Crippen molar-refractivity contribution < 1.29 is 9.59 Å². The zero-order valence-electron chi connectivity index (χ0n) is 7.39. The number of hydrogen-bond acceptors (Lipinski definition) is 3. The van der Waals surface area contributed by atoms with E-state index in [1.807, 2.05) is 0 Å². The van der Waals surface area contributed by atoms with Crippen molar-refractivity contribution in [1.29, 1.82) is 0 Å². The van der Waals surface area contributed by atoms with Gasteiger partial charge in [0.1, 0.15) is 0 Å². The molecule has 0 spiro atoms. The first-order chi connectivity index (χ1) is 5.57. The number of carbonyl (C=O) groups is 2. The number of nitrogens with two attached hydrogens (primary N) is 1. The maximum atomic E-state index is 10.8. The summed E-state index contributed by atoms with van der Waals surface area (Å²) in [5.74, 6) is -0.334. The minimum absolute atomic E-state index is 0.0972. The summed E-state index contributed by atoms with van der Waals surface area (Å²) >= 11 is 0. The lowest BCUT2D eigenvalue weighted by Gasteiger charge is -2.06. The van der Waals surface area contributed by atoms with Crippen LogP contribution < -0.4 is 16.4 Å². The highest BCUT2D eigenvalue weighted by Gasteiger charge is 2.06. The molecule has 0 saturated heterocycles. The molecular formula is C7H15N3O2. The van der Waals surface area contributed by atoms with Gasteiger partial charge in [0.25, 0.3) is 0 Å². The van der Waals surface area contributed by atoms with E-state index in [-0.39, 0.29) is 18.2 Å². The van der Waals surface area contributed by atoms with E-state index >= 15 is 0 Å². The zero-order chi connectivity index (χ0) is 9.56. The molecule has 0 bridgehead atoms. The molecule has 0 radical (unpaired) electrons. The summed E-state index contributed by atoms with van der Waals surface area (Å²) in [5, 5.41) is 4.97. The first-order valence-electron chi connectivity index (χ1n) is 3.81. The monoisotopic (exact) mass is 173 g/mol. The van der Waals surface area contributed by atoms with Crippen LogP contribution in [-0.2, 0) is 9.59 Å². The minimum Gasteiger partial charge on any atom is -0.359 e. The summed E-state index contributed by atoms with van der Waals surface area (Å²) in [7, 11) is 1.55. The zero-order valence-corrected chi connectivity index (χ0v) is 7.39. The number of amides is 2. The van der Waals surface area contributed by atoms with Crippen molar-refractivity contribution in [2.24, 2.45) is 5.73 Å². The van der Waals surface area contributed by atoms with Gasteiger partial charge in [-0.05, 0) is 6.92 Å². The Morgan fingerprint density at radius 1 is 1.50 bits per heavy atom. The first-order valence-corrected chi connectivity index (χ1v) is 3.81. The highest BCUT2D eigenvalue weighted by Crippen LogP contribution is 1.78. The van der Waals surface area contributed by atoms with Gasteiger partial charge in [-0.25, -0.2) is 0 Å². The molecule has 0 rings (SSSR count). The number of carbonyl (C=O) groups excluding carboxylic acids is 2. The standard InChI is InChI=1S/C7H15N3O2/c1-5(8)7(12)10-4-3-6(11)9-2/h5H,3-4,8H2,1-2H3,(H,9,11)(H,10,12)/t5-/m1/s1. The fourth-order valence-corrected chi connectivity index (χ4v) is 0.585. The highest BCUT2D eigenvalue weighted by atomic mass is 16.2. The third-order valence-corrected chi connectivity index (χ3v) is 1.34. The molecule has 0 aliphatic heterocycles. The summed E-state index contributed by atoms with van der Waals surface area (Å²) in [6.45, 7) is 1.93. The third kappa shape index (κ3) is 4.68. The van der Waals surface area contributed by atoms with Crippen LogP contribution in [0.2, 0.25) is 0 Å². The van der Waals surface area contributed by atoms with Gasteiger partial charge in [-0.3, -0.25) is 9.59 Å². The molecule has 0 heterocycles. The van der Waals surface area contributed by atoms with Crippen LogP contribution in [0.5, 0.6) is 0 Å². The lowest BCUT2D eigenvalue weighted by molar-refractivity contribution is -0.122. The number of nitrogens with one attached hydrogen (secondary N) is 2. The quantitative estimate of drug-likeness (QED) is 0.488. The molecule has 0 aromatic carbocycles. The predicted molar refractivity (Wildman–Crippen MR) is 45.3 cm³/mol. The van der Waals surface area contributed by atoms with Crippen LogP contribution in [0.25, 0.3) is 0 Å². The van der Waals surface area contributed by atoms with Crippen LogP contribution >= 0.6 is 0 Å². The molecule has 2 amide bonds. The van der Waals surface area contributed by atoms with Crippen molar-refractivity contribution in [2.75, 3.05) is 13.6 Å². The molecule has 0 unspecified atom stereocenters. The second-order valence-corrected chi connectivity index (χ2v) is 2.50. The lowest BCUT2D eigenvalue weighted by atomic mass is 10.3. The van der Waals surface area contributed by atoms with Gasteiger partial charge in [-0.1, -0.05) is 0 Å². The average molecular weight is 173 g/mol. The molecule has 12 heavy (non-hydrogen) atoms. The maximum absolute atomic E-state index is 10.8. The van der Waals surface area contributed by atoms with Crippen molar-refractivity contribution in [3.8, 4) is 0 Å². The Morgan fingerprint density at radius 3 is 2.50 bits per heavy atom. The van der Waals surface area contributed by atoms with E-state index in [9.17, 15) is 9.59 Å². The summed E-state index contributed by atoms with van der Waals surface area (Å²) in [6.07, 6.45) is 0.287. The largest absolute Gasteiger partial charge is 0.359 e. The fraction of sp³-hybridized carbons (Fsp3) is 0.714. The van der Waals surface area contributed by atoms with Crippen molar-refractivity contribution >= 4 is 11.8 Å². The lowest BCUT2D eigenvalue weighted by Crippen LogP contribution is -2.39. The molecule has 1 atom stereocenters. The van der Waals surface area contributed by atoms with E-state index in [0.717, 1.165) is 0 Å². The van der Waals surface area contributed by atoms with Crippen LogP contribution in [0.4, 0.5) is 0 Å². The second-order valence-electron chi connectivity index (χ2n) is 2.50. The Bertz CT molecular complexity index is 168. The van der Waals surface area contributed by atoms with Gasteiger partial charge in [0.2, 0.25) is 11.8 Å². The van der Waals surface area contributed by atoms with E-state index in [1.165, 1.54) is 0 Å². The minimum atomic E-state index is -0.519. The molecule has 0 aliphatic carbocycles. The van der Waals surface area contributed by atoms with Gasteiger partial charge in [-0.15, -0.1) is 0 Å². The summed E-state index contributed by atoms with van der Waals surface area (Å²) in [6, 6.07) is -0.519. The summed E-state index contributed by atoms with van der Waals surface area (Å²) in [5.41, 5.74) is 5.27. The SMILES string of the molecule is CNC(=O)CCNC(=O)[C@@H](C)N. The molecule has 5 nitrogen and oxygen atoms in total. The Morgan fingerprint density at radius 2 is 2.08 bits per heavy atom. The third-order valence-electron chi connectivity index (χ3n) is 1.34. The van der Waals surface area contributed by atoms with Gasteiger partial charge >= 0.3 is 0 Å². The van der Waals surface area contributed by atoms with Crippen molar-refractivity contribution in [3.63, 3.8) is 0 Å². The van der Waals surface area contributed by atoms with Crippen molar-refractivity contribution in [3.05, 3.63) is 0 Å². The molecule has 0 saturated carbocycles. The summed E-state index contributed by atoms with van der Waals surface area (Å²) in [4.78, 5) is 21.5. The number of rotatable bonds is 4. The second kappa shape index (κ2) is 5.54. The van der Waals surface area contributed by atoms with Crippen molar-refractivity contribution in [2.45, 2.75) is 19.4 Å². The number of hydrogen-bond donors (Lipinski definition) is 3. The molecule has 4 N–H and O–H groups in total. The topological polar surface area (TPSA) is 84.2 Å². The predicted octanol–water partition coefficient (Wildman–Crippen LogP) is -1.41. The van der Waals surface area contributed by atoms with Gasteiger partial charge in [0.15, 0.2) is 0 Å². The molecule has 70 valence electrons.